The largest absolute Gasteiger partial charge is 0.393 e. The van der Waals surface area contributed by atoms with Crippen molar-refractivity contribution in [2.45, 2.75) is 43.2 Å². The number of carbonyl (C=O) groups excluding carboxylic acids is 1. The molecule has 1 amide bonds. The molecule has 20 heavy (non-hydrogen) atoms. The molecule has 4 rings (SSSR count). The van der Waals surface area contributed by atoms with Gasteiger partial charge in [0.1, 0.15) is 0 Å². The third-order valence-electron chi connectivity index (χ3n) is 5.38. The maximum Gasteiger partial charge on any atom is 0.235 e. The van der Waals surface area contributed by atoms with Gasteiger partial charge in [0.2, 0.25) is 5.91 Å². The summed E-state index contributed by atoms with van der Waals surface area (Å²) in [6.45, 7) is 1.91. The summed E-state index contributed by atoms with van der Waals surface area (Å²) in [5.74, 6) is 0.173. The first-order valence-electron chi connectivity index (χ1n) is 7.52. The lowest BCUT2D eigenvalue weighted by Gasteiger charge is -2.46. The number of hydrogen-bond donors (Lipinski definition) is 2. The Labute approximate surface area is 118 Å². The van der Waals surface area contributed by atoms with Crippen molar-refractivity contribution in [1.29, 1.82) is 0 Å². The molecule has 4 heteroatoms. The van der Waals surface area contributed by atoms with Gasteiger partial charge in [-0.15, -0.1) is 0 Å². The highest BCUT2D eigenvalue weighted by molar-refractivity contribution is 6.06. The zero-order valence-electron chi connectivity index (χ0n) is 11.5. The van der Waals surface area contributed by atoms with E-state index in [0.717, 1.165) is 44.5 Å². The first-order valence-corrected chi connectivity index (χ1v) is 7.52. The molecule has 1 aromatic rings. The summed E-state index contributed by atoms with van der Waals surface area (Å²) in [6.07, 6.45) is 3.47. The average Bonchev–Trinajstić information content (AvgIpc) is 2.70. The van der Waals surface area contributed by atoms with Crippen molar-refractivity contribution in [3.8, 4) is 0 Å². The highest BCUT2D eigenvalue weighted by Crippen LogP contribution is 2.45. The number of aliphatic hydroxyl groups excluding tert-OH is 1. The van der Waals surface area contributed by atoms with Gasteiger partial charge in [0, 0.05) is 11.7 Å². The minimum atomic E-state index is -0.310. The normalized spacial score (nSPS) is 31.8. The van der Waals surface area contributed by atoms with Gasteiger partial charge < -0.3 is 15.3 Å². The Morgan fingerprint density at radius 1 is 1.20 bits per heavy atom. The second-order valence-corrected chi connectivity index (χ2v) is 6.40. The lowest BCUT2D eigenvalue weighted by molar-refractivity contribution is -0.123. The number of amides is 1. The molecule has 1 saturated heterocycles. The maximum absolute atomic E-state index is 12.5. The Hall–Kier alpha value is -1.39. The van der Waals surface area contributed by atoms with Gasteiger partial charge in [-0.1, -0.05) is 18.2 Å². The van der Waals surface area contributed by atoms with Gasteiger partial charge in [-0.2, -0.15) is 0 Å². The third-order valence-corrected chi connectivity index (χ3v) is 5.38. The number of para-hydroxylation sites is 1. The topological polar surface area (TPSA) is 52.6 Å². The van der Waals surface area contributed by atoms with Gasteiger partial charge in [-0.05, 0) is 50.4 Å². The maximum atomic E-state index is 12.5. The standard InChI is InChI=1S/C16H20N2O2/c19-12-9-11(10-12)18-7-5-16(6-8-18)13-3-1-2-4-14(13)17-15(16)20/h1-4,11-12,19H,5-10H2,(H,17,20). The van der Waals surface area contributed by atoms with E-state index < -0.39 is 0 Å². The van der Waals surface area contributed by atoms with Crippen LogP contribution < -0.4 is 5.32 Å². The number of nitrogens with one attached hydrogen (secondary N) is 1. The van der Waals surface area contributed by atoms with Crippen molar-refractivity contribution in [2.75, 3.05) is 18.4 Å². The third kappa shape index (κ3) is 1.64. The molecule has 4 nitrogen and oxygen atoms in total. The van der Waals surface area contributed by atoms with Crippen molar-refractivity contribution in [3.05, 3.63) is 29.8 Å². The number of piperidine rings is 1. The lowest BCUT2D eigenvalue weighted by Crippen LogP contribution is -2.54. The molecular weight excluding hydrogens is 252 g/mol. The van der Waals surface area contributed by atoms with Crippen LogP contribution in [0.25, 0.3) is 0 Å². The fraction of sp³-hybridized carbons (Fsp3) is 0.562. The quantitative estimate of drug-likeness (QED) is 0.814. The zero-order chi connectivity index (χ0) is 13.7. The van der Waals surface area contributed by atoms with Crippen LogP contribution in [-0.4, -0.2) is 41.1 Å². The molecule has 2 heterocycles. The molecule has 0 aromatic heterocycles. The van der Waals surface area contributed by atoms with E-state index in [4.69, 9.17) is 0 Å². The van der Waals surface area contributed by atoms with Crippen molar-refractivity contribution >= 4 is 11.6 Å². The summed E-state index contributed by atoms with van der Waals surface area (Å²) in [7, 11) is 0. The van der Waals surface area contributed by atoms with Crippen molar-refractivity contribution < 1.29 is 9.90 Å². The minimum absolute atomic E-state index is 0.105. The smallest absolute Gasteiger partial charge is 0.235 e. The number of benzene rings is 1. The number of aliphatic hydroxyl groups is 1. The molecule has 3 aliphatic rings. The second kappa shape index (κ2) is 4.30. The second-order valence-electron chi connectivity index (χ2n) is 6.40. The predicted octanol–water partition coefficient (Wildman–Crippen LogP) is 1.50. The van der Waals surface area contributed by atoms with E-state index in [1.54, 1.807) is 0 Å². The average molecular weight is 272 g/mol. The number of fused-ring (bicyclic) bond motifs is 2. The lowest BCUT2D eigenvalue weighted by atomic mass is 9.72. The van der Waals surface area contributed by atoms with E-state index in [1.807, 2.05) is 18.2 Å². The van der Waals surface area contributed by atoms with E-state index >= 15 is 0 Å². The Balaban J connectivity index is 1.54. The molecule has 0 unspecified atom stereocenters. The van der Waals surface area contributed by atoms with E-state index in [2.05, 4.69) is 16.3 Å². The van der Waals surface area contributed by atoms with Gasteiger partial charge in [0.05, 0.1) is 11.5 Å². The molecule has 2 fully saturated rings. The monoisotopic (exact) mass is 272 g/mol. The Morgan fingerprint density at radius 2 is 1.90 bits per heavy atom. The van der Waals surface area contributed by atoms with Crippen LogP contribution in [-0.2, 0) is 10.2 Å². The summed E-state index contributed by atoms with van der Waals surface area (Å²) >= 11 is 0. The molecule has 106 valence electrons. The highest BCUT2D eigenvalue weighted by Gasteiger charge is 2.49. The Morgan fingerprint density at radius 3 is 2.60 bits per heavy atom. The van der Waals surface area contributed by atoms with E-state index in [9.17, 15) is 9.90 Å². The number of carbonyl (C=O) groups is 1. The van der Waals surface area contributed by atoms with Crippen molar-refractivity contribution in [2.24, 2.45) is 0 Å². The first kappa shape index (κ1) is 12.4. The molecule has 0 atom stereocenters. The van der Waals surface area contributed by atoms with Gasteiger partial charge in [-0.25, -0.2) is 0 Å². The SMILES string of the molecule is O=C1Nc2ccccc2C12CCN(C1CC(O)C1)CC2. The van der Waals surface area contributed by atoms with Crippen LogP contribution in [0.3, 0.4) is 0 Å². The fourth-order valence-corrected chi connectivity index (χ4v) is 4.00. The van der Waals surface area contributed by atoms with E-state index in [-0.39, 0.29) is 17.4 Å². The Kier molecular flexibility index (Phi) is 2.66. The molecule has 1 aliphatic carbocycles. The number of likely N-dealkylation sites (tertiary alicyclic amines) is 1. The van der Waals surface area contributed by atoms with Gasteiger partial charge in [0.15, 0.2) is 0 Å². The van der Waals surface area contributed by atoms with Crippen molar-refractivity contribution in [1.82, 2.24) is 4.90 Å². The van der Waals surface area contributed by atoms with Gasteiger partial charge in [0.25, 0.3) is 0 Å². The molecule has 0 radical (unpaired) electrons. The summed E-state index contributed by atoms with van der Waals surface area (Å²) < 4.78 is 0. The minimum Gasteiger partial charge on any atom is -0.393 e. The summed E-state index contributed by atoms with van der Waals surface area (Å²) in [5, 5.41) is 12.5. The van der Waals surface area contributed by atoms with Crippen LogP contribution in [0, 0.1) is 0 Å². The zero-order valence-corrected chi connectivity index (χ0v) is 11.5. The van der Waals surface area contributed by atoms with Crippen LogP contribution in [0.4, 0.5) is 5.69 Å². The summed E-state index contributed by atoms with van der Waals surface area (Å²) in [4.78, 5) is 14.9. The van der Waals surface area contributed by atoms with Gasteiger partial charge >= 0.3 is 0 Å². The van der Waals surface area contributed by atoms with Crippen LogP contribution in [0.5, 0.6) is 0 Å². The summed E-state index contributed by atoms with van der Waals surface area (Å²) in [6, 6.07) is 8.62. The predicted molar refractivity (Wildman–Crippen MR) is 76.6 cm³/mol. The number of nitrogens with zero attached hydrogens (tertiary/aromatic N) is 1. The van der Waals surface area contributed by atoms with E-state index in [1.165, 1.54) is 5.56 Å². The Bertz CT molecular complexity index is 543. The van der Waals surface area contributed by atoms with Crippen LogP contribution in [0.2, 0.25) is 0 Å². The first-order chi connectivity index (χ1) is 9.69. The highest BCUT2D eigenvalue weighted by atomic mass is 16.3. The van der Waals surface area contributed by atoms with Crippen LogP contribution in [0.15, 0.2) is 24.3 Å². The molecule has 2 N–H and O–H groups in total. The number of rotatable bonds is 1. The number of anilines is 1. The molecular formula is C16H20N2O2. The molecule has 1 aromatic carbocycles. The van der Waals surface area contributed by atoms with Crippen molar-refractivity contribution in [3.63, 3.8) is 0 Å². The molecule has 1 saturated carbocycles. The fourth-order valence-electron chi connectivity index (χ4n) is 4.00. The molecule has 1 spiro atoms. The van der Waals surface area contributed by atoms with Crippen LogP contribution in [0.1, 0.15) is 31.2 Å². The molecule has 0 bridgehead atoms. The van der Waals surface area contributed by atoms with Gasteiger partial charge in [-0.3, -0.25) is 4.79 Å². The van der Waals surface area contributed by atoms with Crippen LogP contribution >= 0.6 is 0 Å². The molecule has 2 aliphatic heterocycles. The summed E-state index contributed by atoms with van der Waals surface area (Å²) in [5.41, 5.74) is 1.86. The van der Waals surface area contributed by atoms with E-state index in [0.29, 0.717) is 6.04 Å². The number of hydrogen-bond acceptors (Lipinski definition) is 3.